The Kier molecular flexibility index (Phi) is 5.96. The Labute approximate surface area is 155 Å². The Balaban J connectivity index is 1.44. The molecule has 2 aromatic rings. The molecule has 0 bridgehead atoms. The zero-order valence-electron chi connectivity index (χ0n) is 14.1. The third-order valence-corrected chi connectivity index (χ3v) is 4.33. The number of hydrogen-bond acceptors (Lipinski definition) is 7. The topological polar surface area (TPSA) is 86.8 Å². The number of hydrogen-bond donors (Lipinski definition) is 1. The van der Waals surface area contributed by atoms with Gasteiger partial charge in [-0.2, -0.15) is 0 Å². The van der Waals surface area contributed by atoms with Crippen molar-refractivity contribution in [1.29, 1.82) is 0 Å². The van der Waals surface area contributed by atoms with Crippen molar-refractivity contribution in [3.8, 4) is 11.5 Å². The predicted octanol–water partition coefficient (Wildman–Crippen LogP) is 1.92. The van der Waals surface area contributed by atoms with E-state index in [0.29, 0.717) is 28.7 Å². The third-order valence-electron chi connectivity index (χ3n) is 3.61. The van der Waals surface area contributed by atoms with Crippen LogP contribution >= 0.6 is 11.8 Å². The first kappa shape index (κ1) is 18.1. The van der Waals surface area contributed by atoms with Gasteiger partial charge in [-0.3, -0.25) is 4.79 Å². The van der Waals surface area contributed by atoms with Crippen molar-refractivity contribution in [3.63, 3.8) is 0 Å². The Morgan fingerprint density at radius 2 is 2.08 bits per heavy atom. The molecule has 8 heteroatoms. The highest BCUT2D eigenvalue weighted by atomic mass is 32.2. The van der Waals surface area contributed by atoms with Crippen LogP contribution in [-0.2, 0) is 9.53 Å². The van der Waals surface area contributed by atoms with E-state index in [1.807, 2.05) is 30.5 Å². The van der Waals surface area contributed by atoms with Gasteiger partial charge in [-0.15, -0.1) is 11.8 Å². The first-order chi connectivity index (χ1) is 12.7. The maximum absolute atomic E-state index is 12.1. The minimum absolute atomic E-state index is 0.258. The Morgan fingerprint density at radius 3 is 2.88 bits per heavy atom. The summed E-state index contributed by atoms with van der Waals surface area (Å²) in [7, 11) is 0. The van der Waals surface area contributed by atoms with Crippen LogP contribution in [0.1, 0.15) is 10.4 Å². The van der Waals surface area contributed by atoms with Gasteiger partial charge in [0.05, 0.1) is 12.1 Å². The van der Waals surface area contributed by atoms with Gasteiger partial charge in [0.2, 0.25) is 0 Å². The standard InChI is InChI=1S/C18H18N2O5S/c1-26-17-13(5-4-8-19-17)18(22)24-11-16(21)20-9-12-10-23-14-6-2-3-7-15(14)25-12/h2-8,12H,9-11H2,1H3,(H,20,21)/t12-/m0/s1. The van der Waals surface area contributed by atoms with E-state index < -0.39 is 11.9 Å². The zero-order chi connectivity index (χ0) is 18.4. The van der Waals surface area contributed by atoms with Gasteiger partial charge in [0.25, 0.3) is 5.91 Å². The molecule has 0 fully saturated rings. The first-order valence-electron chi connectivity index (χ1n) is 7.98. The van der Waals surface area contributed by atoms with Crippen LogP contribution < -0.4 is 14.8 Å². The van der Waals surface area contributed by atoms with Crippen LogP contribution in [0.15, 0.2) is 47.6 Å². The van der Waals surface area contributed by atoms with Gasteiger partial charge in [0, 0.05) is 6.20 Å². The summed E-state index contributed by atoms with van der Waals surface area (Å²) >= 11 is 1.34. The molecule has 1 aliphatic rings. The van der Waals surface area contributed by atoms with E-state index in [0.717, 1.165) is 0 Å². The minimum Gasteiger partial charge on any atom is -0.486 e. The minimum atomic E-state index is -0.580. The molecule has 0 saturated heterocycles. The molecule has 3 rings (SSSR count). The fraction of sp³-hybridized carbons (Fsp3) is 0.278. The van der Waals surface area contributed by atoms with E-state index in [-0.39, 0.29) is 19.3 Å². The van der Waals surface area contributed by atoms with Crippen molar-refractivity contribution < 1.29 is 23.8 Å². The fourth-order valence-corrected chi connectivity index (χ4v) is 2.90. The molecule has 1 aliphatic heterocycles. The van der Waals surface area contributed by atoms with Gasteiger partial charge in [-0.1, -0.05) is 12.1 Å². The number of benzene rings is 1. The summed E-state index contributed by atoms with van der Waals surface area (Å²) in [6.07, 6.45) is 3.11. The molecule has 136 valence electrons. The lowest BCUT2D eigenvalue weighted by Gasteiger charge is -2.26. The van der Waals surface area contributed by atoms with E-state index in [2.05, 4.69) is 10.3 Å². The van der Waals surface area contributed by atoms with Gasteiger partial charge < -0.3 is 19.5 Å². The van der Waals surface area contributed by atoms with Gasteiger partial charge in [0.1, 0.15) is 17.7 Å². The lowest BCUT2D eigenvalue weighted by molar-refractivity contribution is -0.124. The van der Waals surface area contributed by atoms with E-state index >= 15 is 0 Å². The van der Waals surface area contributed by atoms with Crippen molar-refractivity contribution in [3.05, 3.63) is 48.2 Å². The number of nitrogens with one attached hydrogen (secondary N) is 1. The van der Waals surface area contributed by atoms with Crippen molar-refractivity contribution in [2.45, 2.75) is 11.1 Å². The molecule has 1 amide bonds. The van der Waals surface area contributed by atoms with Crippen molar-refractivity contribution >= 4 is 23.6 Å². The number of carbonyl (C=O) groups is 2. The van der Waals surface area contributed by atoms with Crippen LogP contribution in [0.25, 0.3) is 0 Å². The number of pyridine rings is 1. The van der Waals surface area contributed by atoms with E-state index in [9.17, 15) is 9.59 Å². The molecule has 2 heterocycles. The van der Waals surface area contributed by atoms with Gasteiger partial charge in [0.15, 0.2) is 18.1 Å². The molecule has 1 aromatic heterocycles. The van der Waals surface area contributed by atoms with Crippen LogP contribution in [0.5, 0.6) is 11.5 Å². The van der Waals surface area contributed by atoms with Crippen LogP contribution in [0, 0.1) is 0 Å². The number of fused-ring (bicyclic) bond motifs is 1. The Bertz CT molecular complexity index is 799. The molecule has 1 atom stereocenters. The number of ether oxygens (including phenoxy) is 3. The number of aromatic nitrogens is 1. The summed E-state index contributed by atoms with van der Waals surface area (Å²) in [6, 6.07) is 10.6. The highest BCUT2D eigenvalue weighted by molar-refractivity contribution is 7.98. The second-order valence-corrected chi connectivity index (χ2v) is 6.23. The molecule has 0 aliphatic carbocycles. The zero-order valence-corrected chi connectivity index (χ0v) is 15.0. The monoisotopic (exact) mass is 374 g/mol. The van der Waals surface area contributed by atoms with Crippen LogP contribution in [0.3, 0.4) is 0 Å². The third kappa shape index (κ3) is 4.45. The number of nitrogens with zero attached hydrogens (tertiary/aromatic N) is 1. The number of rotatable bonds is 6. The average Bonchev–Trinajstić information content (AvgIpc) is 2.70. The number of carbonyl (C=O) groups excluding carboxylic acids is 2. The lowest BCUT2D eigenvalue weighted by atomic mass is 10.2. The molecule has 0 radical (unpaired) electrons. The second-order valence-electron chi connectivity index (χ2n) is 5.44. The Morgan fingerprint density at radius 1 is 1.27 bits per heavy atom. The highest BCUT2D eigenvalue weighted by Crippen LogP contribution is 2.30. The molecule has 26 heavy (non-hydrogen) atoms. The molecular weight excluding hydrogens is 356 g/mol. The fourth-order valence-electron chi connectivity index (χ4n) is 2.36. The summed E-state index contributed by atoms with van der Waals surface area (Å²) < 4.78 is 16.4. The van der Waals surface area contributed by atoms with Gasteiger partial charge >= 0.3 is 5.97 Å². The number of para-hydroxylation sites is 2. The lowest BCUT2D eigenvalue weighted by Crippen LogP contribution is -2.42. The summed E-state index contributed by atoms with van der Waals surface area (Å²) in [6.45, 7) is 0.225. The summed E-state index contributed by atoms with van der Waals surface area (Å²) in [5.74, 6) is 0.342. The summed E-state index contributed by atoms with van der Waals surface area (Å²) in [5, 5.41) is 3.24. The number of thioether (sulfide) groups is 1. The summed E-state index contributed by atoms with van der Waals surface area (Å²) in [4.78, 5) is 28.1. The predicted molar refractivity (Wildman–Crippen MR) is 95.7 cm³/mol. The largest absolute Gasteiger partial charge is 0.486 e. The molecule has 1 aromatic carbocycles. The van der Waals surface area contributed by atoms with E-state index in [1.54, 1.807) is 18.3 Å². The normalized spacial score (nSPS) is 15.2. The Hall–Kier alpha value is -2.74. The molecule has 7 nitrogen and oxygen atoms in total. The first-order valence-corrected chi connectivity index (χ1v) is 9.21. The van der Waals surface area contributed by atoms with Gasteiger partial charge in [-0.05, 0) is 30.5 Å². The van der Waals surface area contributed by atoms with Crippen molar-refractivity contribution in [1.82, 2.24) is 10.3 Å². The maximum atomic E-state index is 12.1. The molecule has 0 unspecified atom stereocenters. The average molecular weight is 374 g/mol. The van der Waals surface area contributed by atoms with E-state index in [1.165, 1.54) is 11.8 Å². The quantitative estimate of drug-likeness (QED) is 0.610. The van der Waals surface area contributed by atoms with Crippen molar-refractivity contribution in [2.24, 2.45) is 0 Å². The van der Waals surface area contributed by atoms with Crippen LogP contribution in [0.4, 0.5) is 0 Å². The van der Waals surface area contributed by atoms with Gasteiger partial charge in [-0.25, -0.2) is 9.78 Å². The molecule has 0 spiro atoms. The van der Waals surface area contributed by atoms with Crippen LogP contribution in [-0.4, -0.2) is 49.0 Å². The molecular formula is C18H18N2O5S. The molecule has 1 N–H and O–H groups in total. The van der Waals surface area contributed by atoms with E-state index in [4.69, 9.17) is 14.2 Å². The maximum Gasteiger partial charge on any atom is 0.341 e. The second kappa shape index (κ2) is 8.57. The number of esters is 1. The molecule has 0 saturated carbocycles. The summed E-state index contributed by atoms with van der Waals surface area (Å²) in [5.41, 5.74) is 0.341. The highest BCUT2D eigenvalue weighted by Gasteiger charge is 2.21. The van der Waals surface area contributed by atoms with Crippen molar-refractivity contribution in [2.75, 3.05) is 26.0 Å². The van der Waals surface area contributed by atoms with Crippen LogP contribution in [0.2, 0.25) is 0 Å². The smallest absolute Gasteiger partial charge is 0.341 e. The number of amides is 1. The SMILES string of the molecule is CSc1ncccc1C(=O)OCC(=O)NC[C@H]1COc2ccccc2O1.